The van der Waals surface area contributed by atoms with E-state index in [2.05, 4.69) is 19.2 Å². The third kappa shape index (κ3) is 8.42. The molecule has 0 aromatic heterocycles. The van der Waals surface area contributed by atoms with Crippen LogP contribution >= 0.6 is 23.2 Å². The normalized spacial score (nSPS) is 11.8. The fourth-order valence-corrected chi connectivity index (χ4v) is 6.39. The van der Waals surface area contributed by atoms with E-state index in [4.69, 9.17) is 27.9 Å². The lowest BCUT2D eigenvalue weighted by atomic mass is 10.1. The quantitative estimate of drug-likeness (QED) is 0.166. The first kappa shape index (κ1) is 31.7. The monoisotopic (exact) mass is 634 g/mol. The first-order valence-electron chi connectivity index (χ1n) is 13.1. The van der Waals surface area contributed by atoms with Gasteiger partial charge >= 0.3 is 0 Å². The van der Waals surface area contributed by atoms with E-state index < -0.39 is 32.3 Å². The summed E-state index contributed by atoms with van der Waals surface area (Å²) >= 11 is 12.2. The number of phenolic OH excluding ortho intramolecular Hbond substituents is 1. The minimum absolute atomic E-state index is 0.0336. The Bertz CT molecular complexity index is 1630. The number of phenols is 1. The second-order valence-electron chi connectivity index (χ2n) is 10.2. The van der Waals surface area contributed by atoms with Gasteiger partial charge in [0.25, 0.3) is 0 Å². The molecule has 0 amide bonds. The van der Waals surface area contributed by atoms with Gasteiger partial charge in [-0.2, -0.15) is 4.31 Å². The zero-order valence-electron chi connectivity index (χ0n) is 23.0. The Kier molecular flexibility index (Phi) is 10.5. The number of halogens is 4. The second-order valence-corrected chi connectivity index (χ2v) is 12.9. The van der Waals surface area contributed by atoms with Crippen LogP contribution in [0.4, 0.5) is 8.78 Å². The molecule has 4 rings (SSSR count). The minimum atomic E-state index is -4.38. The van der Waals surface area contributed by atoms with Crippen LogP contribution in [0.2, 0.25) is 10.0 Å². The van der Waals surface area contributed by atoms with Crippen molar-refractivity contribution < 1.29 is 27.0 Å². The maximum Gasteiger partial charge on any atom is 0.247 e. The number of sulfonamides is 1. The van der Waals surface area contributed by atoms with Crippen molar-refractivity contribution in [3.05, 3.63) is 117 Å². The van der Waals surface area contributed by atoms with Gasteiger partial charge in [-0.1, -0.05) is 55.2 Å². The first-order chi connectivity index (χ1) is 19.9. The highest BCUT2D eigenvalue weighted by Crippen LogP contribution is 2.37. The largest absolute Gasteiger partial charge is 0.505 e. The van der Waals surface area contributed by atoms with Gasteiger partial charge in [0.05, 0.1) is 5.02 Å². The summed E-state index contributed by atoms with van der Waals surface area (Å²) in [4.78, 5) is -0.459. The molecule has 222 valence electrons. The van der Waals surface area contributed by atoms with Crippen LogP contribution < -0.4 is 10.1 Å². The number of aromatic hydroxyl groups is 1. The van der Waals surface area contributed by atoms with Crippen molar-refractivity contribution in [2.75, 3.05) is 6.54 Å². The van der Waals surface area contributed by atoms with Crippen LogP contribution in [0.15, 0.2) is 83.8 Å². The lowest BCUT2D eigenvalue weighted by Crippen LogP contribution is -2.30. The van der Waals surface area contributed by atoms with Gasteiger partial charge in [-0.05, 0) is 89.8 Å². The fourth-order valence-electron chi connectivity index (χ4n) is 4.23. The first-order valence-corrected chi connectivity index (χ1v) is 15.3. The average Bonchev–Trinajstić information content (AvgIpc) is 2.92. The molecule has 0 atom stereocenters. The molecule has 0 saturated heterocycles. The standard InChI is InChI=1S/C31H30Cl2F2N2O4S/c1-20(2)16-36-17-22-11-23(13-28(12-22)41-27-9-7-26(35)8-10-27)19-37(18-21-3-5-25(34)6-4-21)42(39,40)30-15-24(32)14-29(33)31(30)38/h3-15,20,36,38H,16-19H2,1-2H3. The Morgan fingerprint density at radius 2 is 1.43 bits per heavy atom. The highest BCUT2D eigenvalue weighted by atomic mass is 35.5. The molecule has 0 aliphatic carbocycles. The van der Waals surface area contributed by atoms with Gasteiger partial charge in [0.2, 0.25) is 10.0 Å². The molecular formula is C31H30Cl2F2N2O4S. The molecule has 0 aliphatic heterocycles. The molecule has 0 spiro atoms. The molecule has 0 saturated carbocycles. The summed E-state index contributed by atoms with van der Waals surface area (Å²) in [7, 11) is -4.38. The SMILES string of the molecule is CC(C)CNCc1cc(CN(Cc2ccc(F)cc2)S(=O)(=O)c2cc(Cl)cc(Cl)c2O)cc(Oc2ccc(F)cc2)c1. The van der Waals surface area contributed by atoms with Crippen LogP contribution in [-0.4, -0.2) is 24.4 Å². The molecule has 0 unspecified atom stereocenters. The molecule has 42 heavy (non-hydrogen) atoms. The zero-order chi connectivity index (χ0) is 30.4. The number of rotatable bonds is 12. The van der Waals surface area contributed by atoms with Crippen LogP contribution in [0.5, 0.6) is 17.2 Å². The van der Waals surface area contributed by atoms with Crippen LogP contribution in [-0.2, 0) is 29.7 Å². The number of hydrogen-bond donors (Lipinski definition) is 2. The molecule has 0 aliphatic rings. The number of hydrogen-bond acceptors (Lipinski definition) is 5. The Hall–Kier alpha value is -3.21. The molecule has 4 aromatic rings. The summed E-state index contributed by atoms with van der Waals surface area (Å²) in [5.74, 6) is -0.247. The Balaban J connectivity index is 1.75. The van der Waals surface area contributed by atoms with Crippen molar-refractivity contribution in [2.45, 2.75) is 38.4 Å². The topological polar surface area (TPSA) is 78.9 Å². The molecule has 0 heterocycles. The van der Waals surface area contributed by atoms with Gasteiger partial charge in [-0.3, -0.25) is 0 Å². The number of benzene rings is 4. The lowest BCUT2D eigenvalue weighted by molar-refractivity contribution is 0.393. The van der Waals surface area contributed by atoms with Crippen LogP contribution in [0.1, 0.15) is 30.5 Å². The van der Waals surface area contributed by atoms with Crippen molar-refractivity contribution in [2.24, 2.45) is 5.92 Å². The second kappa shape index (κ2) is 13.8. The van der Waals surface area contributed by atoms with E-state index in [9.17, 15) is 22.3 Å². The van der Waals surface area contributed by atoms with Gasteiger partial charge in [-0.25, -0.2) is 17.2 Å². The van der Waals surface area contributed by atoms with Gasteiger partial charge in [0, 0.05) is 24.7 Å². The number of nitrogens with zero attached hydrogens (tertiary/aromatic N) is 1. The van der Waals surface area contributed by atoms with E-state index >= 15 is 0 Å². The van der Waals surface area contributed by atoms with Gasteiger partial charge in [0.15, 0.2) is 5.75 Å². The van der Waals surface area contributed by atoms with Crippen LogP contribution in [0.3, 0.4) is 0 Å². The van der Waals surface area contributed by atoms with E-state index in [0.717, 1.165) is 22.5 Å². The minimum Gasteiger partial charge on any atom is -0.505 e. The van der Waals surface area contributed by atoms with E-state index in [-0.39, 0.29) is 23.1 Å². The summed E-state index contributed by atoms with van der Waals surface area (Å²) in [5, 5.41) is 13.8. The van der Waals surface area contributed by atoms with Crippen molar-refractivity contribution >= 4 is 33.2 Å². The molecule has 0 bridgehead atoms. The van der Waals surface area contributed by atoms with E-state index in [1.807, 2.05) is 12.1 Å². The molecule has 2 N–H and O–H groups in total. The predicted molar refractivity (Wildman–Crippen MR) is 160 cm³/mol. The van der Waals surface area contributed by atoms with Crippen molar-refractivity contribution in [1.29, 1.82) is 0 Å². The maximum atomic E-state index is 14.0. The summed E-state index contributed by atoms with van der Waals surface area (Å²) in [6.07, 6.45) is 0. The van der Waals surface area contributed by atoms with Gasteiger partial charge < -0.3 is 15.2 Å². The van der Waals surface area contributed by atoms with Crippen molar-refractivity contribution in [3.8, 4) is 17.2 Å². The number of ether oxygens (including phenoxy) is 1. The fraction of sp³-hybridized carbons (Fsp3) is 0.226. The van der Waals surface area contributed by atoms with E-state index in [1.165, 1.54) is 54.6 Å². The summed E-state index contributed by atoms with van der Waals surface area (Å²) in [6, 6.07) is 18.7. The highest BCUT2D eigenvalue weighted by Gasteiger charge is 2.30. The molecular weight excluding hydrogens is 605 g/mol. The van der Waals surface area contributed by atoms with Crippen molar-refractivity contribution in [3.63, 3.8) is 0 Å². The smallest absolute Gasteiger partial charge is 0.247 e. The summed E-state index contributed by atoms with van der Waals surface area (Å²) < 4.78 is 62.1. The Morgan fingerprint density at radius 1 is 0.833 bits per heavy atom. The summed E-state index contributed by atoms with van der Waals surface area (Å²) in [6.45, 7) is 5.14. The van der Waals surface area contributed by atoms with E-state index in [0.29, 0.717) is 35.1 Å². The van der Waals surface area contributed by atoms with Crippen LogP contribution in [0, 0.1) is 17.6 Å². The third-order valence-corrected chi connectivity index (χ3v) is 8.51. The Labute approximate surface area is 254 Å². The molecule has 4 aromatic carbocycles. The van der Waals surface area contributed by atoms with Crippen LogP contribution in [0.25, 0.3) is 0 Å². The number of nitrogens with one attached hydrogen (secondary N) is 1. The zero-order valence-corrected chi connectivity index (χ0v) is 25.3. The van der Waals surface area contributed by atoms with Crippen molar-refractivity contribution in [1.82, 2.24) is 9.62 Å². The highest BCUT2D eigenvalue weighted by molar-refractivity contribution is 7.89. The van der Waals surface area contributed by atoms with Gasteiger partial charge in [-0.15, -0.1) is 0 Å². The maximum absolute atomic E-state index is 14.0. The molecule has 0 radical (unpaired) electrons. The summed E-state index contributed by atoms with van der Waals surface area (Å²) in [5.41, 5.74) is 1.93. The molecule has 6 nitrogen and oxygen atoms in total. The van der Waals surface area contributed by atoms with E-state index in [1.54, 1.807) is 6.07 Å². The predicted octanol–water partition coefficient (Wildman–Crippen LogP) is 7.91. The average molecular weight is 636 g/mol. The molecule has 11 heteroatoms. The Morgan fingerprint density at radius 3 is 2.07 bits per heavy atom. The van der Waals surface area contributed by atoms with Gasteiger partial charge in [0.1, 0.15) is 28.0 Å². The lowest BCUT2D eigenvalue weighted by Gasteiger charge is -2.24. The third-order valence-electron chi connectivity index (χ3n) is 6.20. The molecule has 0 fully saturated rings.